The fraction of sp³-hybridized carbons (Fsp3) is 0.250. The van der Waals surface area contributed by atoms with Gasteiger partial charge >= 0.3 is 0 Å². The Labute approximate surface area is 120 Å². The smallest absolute Gasteiger partial charge is 0.0835 e. The van der Waals surface area contributed by atoms with E-state index >= 15 is 0 Å². The average molecular weight is 275 g/mol. The summed E-state index contributed by atoms with van der Waals surface area (Å²) in [6, 6.07) is 16.5. The van der Waals surface area contributed by atoms with Crippen LogP contribution in [0, 0.1) is 0 Å². The van der Waals surface area contributed by atoms with Crippen LogP contribution in [0.15, 0.2) is 48.5 Å². The van der Waals surface area contributed by atoms with Gasteiger partial charge in [0.25, 0.3) is 0 Å². The zero-order valence-electron chi connectivity index (χ0n) is 11.5. The Morgan fingerprint density at radius 3 is 1.79 bits per heavy atom. The summed E-state index contributed by atoms with van der Waals surface area (Å²) in [5.74, 6) is 0. The van der Waals surface area contributed by atoms with Gasteiger partial charge in [0.1, 0.15) is 0 Å². The van der Waals surface area contributed by atoms with Crippen molar-refractivity contribution in [2.24, 2.45) is 0 Å². The van der Waals surface area contributed by atoms with Gasteiger partial charge in [0, 0.05) is 32.5 Å². The lowest BCUT2D eigenvalue weighted by Gasteiger charge is -2.15. The second-order valence-electron chi connectivity index (χ2n) is 4.72. The molecular formula is C16H19ClN2. The third-order valence-corrected chi connectivity index (χ3v) is 3.70. The van der Waals surface area contributed by atoms with Crippen molar-refractivity contribution in [2.75, 3.05) is 31.4 Å². The van der Waals surface area contributed by atoms with Crippen molar-refractivity contribution in [2.45, 2.75) is 5.38 Å². The van der Waals surface area contributed by atoms with Crippen molar-refractivity contribution in [3.63, 3.8) is 0 Å². The van der Waals surface area contributed by atoms with Crippen LogP contribution in [0.25, 0.3) is 0 Å². The number of alkyl halides is 1. The number of halogens is 1. The highest BCUT2D eigenvalue weighted by molar-refractivity contribution is 6.22. The van der Waals surface area contributed by atoms with Crippen LogP contribution in [0.1, 0.15) is 16.5 Å². The maximum atomic E-state index is 6.53. The summed E-state index contributed by atoms with van der Waals surface area (Å²) in [7, 11) is 5.97. The highest BCUT2D eigenvalue weighted by Crippen LogP contribution is 2.30. The molecule has 0 spiro atoms. The molecule has 2 aromatic rings. The number of rotatable bonds is 4. The summed E-state index contributed by atoms with van der Waals surface area (Å²) < 4.78 is 0. The third-order valence-electron chi connectivity index (χ3n) is 3.19. The van der Waals surface area contributed by atoms with Crippen molar-refractivity contribution in [3.05, 3.63) is 59.7 Å². The van der Waals surface area contributed by atoms with Crippen molar-refractivity contribution in [3.8, 4) is 0 Å². The molecule has 2 rings (SSSR count). The Morgan fingerprint density at radius 2 is 1.37 bits per heavy atom. The lowest BCUT2D eigenvalue weighted by atomic mass is 10.0. The van der Waals surface area contributed by atoms with E-state index in [-0.39, 0.29) is 5.38 Å². The van der Waals surface area contributed by atoms with Crippen LogP contribution < -0.4 is 10.2 Å². The molecule has 1 atom stereocenters. The van der Waals surface area contributed by atoms with E-state index in [1.807, 2.05) is 33.3 Å². The maximum Gasteiger partial charge on any atom is 0.0835 e. The first-order chi connectivity index (χ1) is 9.11. The van der Waals surface area contributed by atoms with E-state index in [1.165, 1.54) is 5.69 Å². The van der Waals surface area contributed by atoms with Crippen LogP contribution in [-0.2, 0) is 0 Å². The molecule has 2 aromatic carbocycles. The molecule has 0 radical (unpaired) electrons. The van der Waals surface area contributed by atoms with Gasteiger partial charge in [-0.3, -0.25) is 0 Å². The van der Waals surface area contributed by atoms with E-state index in [0.717, 1.165) is 16.8 Å². The maximum absolute atomic E-state index is 6.53. The first-order valence-corrected chi connectivity index (χ1v) is 6.74. The molecule has 0 aromatic heterocycles. The van der Waals surface area contributed by atoms with Crippen LogP contribution in [0.5, 0.6) is 0 Å². The van der Waals surface area contributed by atoms with E-state index in [4.69, 9.17) is 11.6 Å². The number of benzene rings is 2. The van der Waals surface area contributed by atoms with E-state index in [0.29, 0.717) is 0 Å². The second kappa shape index (κ2) is 5.98. The minimum atomic E-state index is -0.109. The molecule has 0 amide bonds. The summed E-state index contributed by atoms with van der Waals surface area (Å²) >= 11 is 6.53. The third kappa shape index (κ3) is 3.21. The van der Waals surface area contributed by atoms with Gasteiger partial charge in [-0.05, 0) is 35.4 Å². The molecule has 0 saturated carbocycles. The van der Waals surface area contributed by atoms with Crippen molar-refractivity contribution >= 4 is 23.0 Å². The second-order valence-corrected chi connectivity index (χ2v) is 5.16. The first kappa shape index (κ1) is 13.8. The number of hydrogen-bond donors (Lipinski definition) is 1. The minimum Gasteiger partial charge on any atom is -0.388 e. The molecule has 0 bridgehead atoms. The standard InChI is InChI=1S/C16H19ClN2/c1-18-14-8-4-12(5-9-14)16(17)13-6-10-15(11-7-13)19(2)3/h4-11,16,18H,1-3H3. The van der Waals surface area contributed by atoms with Gasteiger partial charge in [-0.25, -0.2) is 0 Å². The van der Waals surface area contributed by atoms with Gasteiger partial charge in [-0.2, -0.15) is 0 Å². The molecule has 1 N–H and O–H groups in total. The van der Waals surface area contributed by atoms with E-state index in [9.17, 15) is 0 Å². The first-order valence-electron chi connectivity index (χ1n) is 6.31. The zero-order valence-corrected chi connectivity index (χ0v) is 12.3. The van der Waals surface area contributed by atoms with Gasteiger partial charge in [0.15, 0.2) is 0 Å². The molecular weight excluding hydrogens is 256 g/mol. The SMILES string of the molecule is CNc1ccc(C(Cl)c2ccc(N(C)C)cc2)cc1. The van der Waals surface area contributed by atoms with Crippen molar-refractivity contribution in [1.82, 2.24) is 0 Å². The van der Waals surface area contributed by atoms with E-state index < -0.39 is 0 Å². The average Bonchev–Trinajstić information content (AvgIpc) is 2.46. The molecule has 0 aliphatic heterocycles. The summed E-state index contributed by atoms with van der Waals surface area (Å²) in [4.78, 5) is 2.08. The quantitative estimate of drug-likeness (QED) is 0.844. The Kier molecular flexibility index (Phi) is 4.33. The molecule has 1 unspecified atom stereocenters. The highest BCUT2D eigenvalue weighted by atomic mass is 35.5. The monoisotopic (exact) mass is 274 g/mol. The molecule has 0 aliphatic rings. The van der Waals surface area contributed by atoms with E-state index in [2.05, 4.69) is 46.6 Å². The largest absolute Gasteiger partial charge is 0.388 e. The molecule has 3 heteroatoms. The fourth-order valence-electron chi connectivity index (χ4n) is 1.95. The number of nitrogens with one attached hydrogen (secondary N) is 1. The Morgan fingerprint density at radius 1 is 0.895 bits per heavy atom. The highest BCUT2D eigenvalue weighted by Gasteiger charge is 2.10. The Bertz CT molecular complexity index is 517. The van der Waals surface area contributed by atoms with Crippen molar-refractivity contribution in [1.29, 1.82) is 0 Å². The lowest BCUT2D eigenvalue weighted by molar-refractivity contribution is 1.11. The Balaban J connectivity index is 2.20. The van der Waals surface area contributed by atoms with E-state index in [1.54, 1.807) is 0 Å². The number of nitrogens with zero attached hydrogens (tertiary/aromatic N) is 1. The van der Waals surface area contributed by atoms with Crippen LogP contribution in [-0.4, -0.2) is 21.1 Å². The van der Waals surface area contributed by atoms with Crippen LogP contribution in [0.4, 0.5) is 11.4 Å². The lowest BCUT2D eigenvalue weighted by Crippen LogP contribution is -2.08. The molecule has 2 nitrogen and oxygen atoms in total. The summed E-state index contributed by atoms with van der Waals surface area (Å²) in [5, 5.41) is 3.00. The predicted octanol–water partition coefficient (Wildman–Crippen LogP) is 4.12. The topological polar surface area (TPSA) is 15.3 Å². The number of hydrogen-bond acceptors (Lipinski definition) is 2. The van der Waals surface area contributed by atoms with Gasteiger partial charge in [-0.15, -0.1) is 11.6 Å². The fourth-order valence-corrected chi connectivity index (χ4v) is 2.24. The van der Waals surface area contributed by atoms with Gasteiger partial charge in [0.2, 0.25) is 0 Å². The van der Waals surface area contributed by atoms with Crippen LogP contribution in [0.3, 0.4) is 0 Å². The molecule has 100 valence electrons. The van der Waals surface area contributed by atoms with Crippen LogP contribution >= 0.6 is 11.6 Å². The summed E-state index contributed by atoms with van der Waals surface area (Å²) in [5.41, 5.74) is 4.50. The molecule has 0 saturated heterocycles. The zero-order chi connectivity index (χ0) is 13.8. The van der Waals surface area contributed by atoms with Crippen molar-refractivity contribution < 1.29 is 0 Å². The molecule has 0 aliphatic carbocycles. The van der Waals surface area contributed by atoms with Gasteiger partial charge < -0.3 is 10.2 Å². The van der Waals surface area contributed by atoms with Crippen LogP contribution in [0.2, 0.25) is 0 Å². The molecule has 0 heterocycles. The summed E-state index contributed by atoms with van der Waals surface area (Å²) in [6.07, 6.45) is 0. The predicted molar refractivity (Wildman–Crippen MR) is 84.5 cm³/mol. The molecule has 19 heavy (non-hydrogen) atoms. The Hall–Kier alpha value is -1.67. The molecule has 0 fully saturated rings. The van der Waals surface area contributed by atoms with Gasteiger partial charge in [-0.1, -0.05) is 24.3 Å². The van der Waals surface area contributed by atoms with Gasteiger partial charge in [0.05, 0.1) is 5.38 Å². The number of anilines is 2. The minimum absolute atomic E-state index is 0.109. The summed E-state index contributed by atoms with van der Waals surface area (Å²) in [6.45, 7) is 0. The normalized spacial score (nSPS) is 12.0.